The minimum absolute atomic E-state index is 0.293. The topological polar surface area (TPSA) is 26.3 Å². The van der Waals surface area contributed by atoms with E-state index >= 15 is 0 Å². The Morgan fingerprint density at radius 2 is 1.92 bits per heavy atom. The van der Waals surface area contributed by atoms with Gasteiger partial charge in [-0.05, 0) is 12.5 Å². The quantitative estimate of drug-likeness (QED) is 0.589. The predicted octanol–water partition coefficient (Wildman–Crippen LogP) is 2.47. The van der Waals surface area contributed by atoms with Gasteiger partial charge in [0.15, 0.2) is 0 Å². The van der Waals surface area contributed by atoms with Crippen molar-refractivity contribution in [3.63, 3.8) is 0 Å². The Balaban J connectivity index is 3.00. The van der Waals surface area contributed by atoms with Crippen LogP contribution in [0.1, 0.15) is 12.5 Å². The summed E-state index contributed by atoms with van der Waals surface area (Å²) in [6, 6.07) is 9.44. The van der Waals surface area contributed by atoms with Gasteiger partial charge in [-0.2, -0.15) is 0 Å². The first-order valence-corrected chi connectivity index (χ1v) is 4.71. The van der Waals surface area contributed by atoms with Crippen molar-refractivity contribution >= 4 is 21.9 Å². The van der Waals surface area contributed by atoms with Gasteiger partial charge in [-0.15, -0.1) is 0 Å². The third-order valence-electron chi connectivity index (χ3n) is 1.88. The number of hydrogen-bond acceptors (Lipinski definition) is 2. The van der Waals surface area contributed by atoms with Crippen molar-refractivity contribution in [3.05, 3.63) is 35.9 Å². The number of benzene rings is 1. The highest BCUT2D eigenvalue weighted by molar-refractivity contribution is 9.10. The van der Waals surface area contributed by atoms with Crippen molar-refractivity contribution in [3.8, 4) is 0 Å². The van der Waals surface area contributed by atoms with E-state index in [0.29, 0.717) is 0 Å². The van der Waals surface area contributed by atoms with E-state index in [0.717, 1.165) is 5.56 Å². The van der Waals surface area contributed by atoms with Crippen molar-refractivity contribution in [2.24, 2.45) is 0 Å². The molecule has 1 aromatic rings. The molecule has 70 valence electrons. The smallest absolute Gasteiger partial charge is 0.326 e. The minimum Gasteiger partial charge on any atom is -0.468 e. The number of ether oxygens (including phenoxy) is 1. The van der Waals surface area contributed by atoms with Crippen LogP contribution in [0, 0.1) is 0 Å². The molecule has 0 radical (unpaired) electrons. The fraction of sp³-hybridized carbons (Fsp3) is 0.300. The third-order valence-corrected chi connectivity index (χ3v) is 2.67. The van der Waals surface area contributed by atoms with Crippen LogP contribution in [0.2, 0.25) is 0 Å². The second-order valence-corrected chi connectivity index (χ2v) is 4.45. The summed E-state index contributed by atoms with van der Waals surface area (Å²) in [7, 11) is 1.38. The summed E-state index contributed by atoms with van der Waals surface area (Å²) in [6.07, 6.45) is 0. The molecule has 0 amide bonds. The van der Waals surface area contributed by atoms with Gasteiger partial charge in [0, 0.05) is 0 Å². The Morgan fingerprint density at radius 1 is 1.38 bits per heavy atom. The van der Waals surface area contributed by atoms with Crippen LogP contribution in [0.4, 0.5) is 0 Å². The molecular formula is C10H11BrO2. The van der Waals surface area contributed by atoms with Gasteiger partial charge in [0.2, 0.25) is 0 Å². The molecule has 0 saturated heterocycles. The number of halogens is 1. The molecule has 0 aromatic heterocycles. The van der Waals surface area contributed by atoms with Crippen LogP contribution in [0.15, 0.2) is 30.3 Å². The zero-order chi connectivity index (χ0) is 9.90. The summed E-state index contributed by atoms with van der Waals surface area (Å²) in [5.74, 6) is -0.293. The second-order valence-electron chi connectivity index (χ2n) is 2.86. The van der Waals surface area contributed by atoms with Gasteiger partial charge in [0.25, 0.3) is 0 Å². The lowest BCUT2D eigenvalue weighted by atomic mass is 10.0. The van der Waals surface area contributed by atoms with Crippen LogP contribution in [-0.4, -0.2) is 13.1 Å². The first kappa shape index (κ1) is 10.3. The zero-order valence-corrected chi connectivity index (χ0v) is 9.17. The molecule has 1 aromatic carbocycles. The fourth-order valence-corrected chi connectivity index (χ4v) is 1.49. The highest BCUT2D eigenvalue weighted by atomic mass is 79.9. The third kappa shape index (κ3) is 2.10. The standard InChI is InChI=1S/C10H11BrO2/c1-10(11,9(12)13-2)8-6-4-3-5-7-8/h3-7H,1-2H3. The van der Waals surface area contributed by atoms with Crippen molar-refractivity contribution in [1.82, 2.24) is 0 Å². The van der Waals surface area contributed by atoms with Crippen LogP contribution in [0.3, 0.4) is 0 Å². The summed E-state index contributed by atoms with van der Waals surface area (Å²) < 4.78 is 3.94. The molecule has 0 aliphatic rings. The van der Waals surface area contributed by atoms with Crippen molar-refractivity contribution in [1.29, 1.82) is 0 Å². The lowest BCUT2D eigenvalue weighted by Gasteiger charge is -2.19. The molecule has 0 saturated carbocycles. The van der Waals surface area contributed by atoms with Gasteiger partial charge in [0.1, 0.15) is 4.32 Å². The van der Waals surface area contributed by atoms with E-state index in [2.05, 4.69) is 20.7 Å². The average Bonchev–Trinajstić information content (AvgIpc) is 2.18. The maximum absolute atomic E-state index is 11.4. The van der Waals surface area contributed by atoms with E-state index < -0.39 is 4.32 Å². The van der Waals surface area contributed by atoms with E-state index in [1.165, 1.54) is 7.11 Å². The molecule has 2 nitrogen and oxygen atoms in total. The number of carbonyl (C=O) groups excluding carboxylic acids is 1. The van der Waals surface area contributed by atoms with Crippen LogP contribution in [0.25, 0.3) is 0 Å². The predicted molar refractivity (Wildman–Crippen MR) is 54.7 cm³/mol. The highest BCUT2D eigenvalue weighted by Gasteiger charge is 2.32. The normalized spacial score (nSPS) is 14.7. The van der Waals surface area contributed by atoms with Gasteiger partial charge in [-0.25, -0.2) is 0 Å². The molecule has 13 heavy (non-hydrogen) atoms. The maximum atomic E-state index is 11.4. The molecule has 3 heteroatoms. The molecule has 0 bridgehead atoms. The average molecular weight is 243 g/mol. The molecule has 0 spiro atoms. The Labute approximate surface area is 86.0 Å². The molecule has 0 aliphatic heterocycles. The minimum atomic E-state index is -0.747. The number of alkyl halides is 1. The van der Waals surface area contributed by atoms with Crippen LogP contribution >= 0.6 is 15.9 Å². The van der Waals surface area contributed by atoms with E-state index in [1.807, 2.05) is 30.3 Å². The first-order chi connectivity index (χ1) is 6.09. The molecule has 0 heterocycles. The molecule has 0 aliphatic carbocycles. The van der Waals surface area contributed by atoms with Gasteiger partial charge < -0.3 is 4.74 Å². The summed E-state index contributed by atoms with van der Waals surface area (Å²) in [5, 5.41) is 0. The van der Waals surface area contributed by atoms with Crippen molar-refractivity contribution in [2.45, 2.75) is 11.2 Å². The van der Waals surface area contributed by atoms with Crippen molar-refractivity contribution < 1.29 is 9.53 Å². The van der Waals surface area contributed by atoms with Gasteiger partial charge in [-0.1, -0.05) is 46.3 Å². The Kier molecular flexibility index (Phi) is 3.09. The van der Waals surface area contributed by atoms with Crippen LogP contribution < -0.4 is 0 Å². The number of hydrogen-bond donors (Lipinski definition) is 0. The Hall–Kier alpha value is -0.830. The Bertz CT molecular complexity index is 293. The summed E-state index contributed by atoms with van der Waals surface area (Å²) in [5.41, 5.74) is 0.891. The van der Waals surface area contributed by atoms with Crippen LogP contribution in [-0.2, 0) is 13.9 Å². The lowest BCUT2D eigenvalue weighted by molar-refractivity contribution is -0.143. The molecule has 0 fully saturated rings. The molecule has 1 atom stereocenters. The monoisotopic (exact) mass is 242 g/mol. The second kappa shape index (κ2) is 3.92. The largest absolute Gasteiger partial charge is 0.468 e. The lowest BCUT2D eigenvalue weighted by Crippen LogP contribution is -2.26. The molecule has 1 unspecified atom stereocenters. The summed E-state index contributed by atoms with van der Waals surface area (Å²) >= 11 is 3.34. The fourth-order valence-electron chi connectivity index (χ4n) is 1.06. The summed E-state index contributed by atoms with van der Waals surface area (Å²) in [6.45, 7) is 1.77. The maximum Gasteiger partial charge on any atom is 0.326 e. The van der Waals surface area contributed by atoms with Crippen LogP contribution in [0.5, 0.6) is 0 Å². The van der Waals surface area contributed by atoms with E-state index in [1.54, 1.807) is 6.92 Å². The zero-order valence-electron chi connectivity index (χ0n) is 7.58. The highest BCUT2D eigenvalue weighted by Crippen LogP contribution is 2.31. The first-order valence-electron chi connectivity index (χ1n) is 3.92. The SMILES string of the molecule is COC(=O)C(C)(Br)c1ccccc1. The van der Waals surface area contributed by atoms with E-state index in [4.69, 9.17) is 0 Å². The number of carbonyl (C=O) groups is 1. The van der Waals surface area contributed by atoms with E-state index in [-0.39, 0.29) is 5.97 Å². The van der Waals surface area contributed by atoms with Gasteiger partial charge in [-0.3, -0.25) is 4.79 Å². The van der Waals surface area contributed by atoms with E-state index in [9.17, 15) is 4.79 Å². The van der Waals surface area contributed by atoms with Gasteiger partial charge in [0.05, 0.1) is 7.11 Å². The Morgan fingerprint density at radius 3 is 2.38 bits per heavy atom. The number of methoxy groups -OCH3 is 1. The molecule has 1 rings (SSSR count). The van der Waals surface area contributed by atoms with Crippen molar-refractivity contribution in [2.75, 3.05) is 7.11 Å². The molecular weight excluding hydrogens is 232 g/mol. The number of rotatable bonds is 2. The molecule has 0 N–H and O–H groups in total. The summed E-state index contributed by atoms with van der Waals surface area (Å²) in [4.78, 5) is 11.4. The van der Waals surface area contributed by atoms with Gasteiger partial charge >= 0.3 is 5.97 Å². The number of esters is 1.